The first kappa shape index (κ1) is 15.8. The number of nitrogens with zero attached hydrogens (tertiary/aromatic N) is 1. The van der Waals surface area contributed by atoms with Crippen molar-refractivity contribution in [2.24, 2.45) is 0 Å². The van der Waals surface area contributed by atoms with Gasteiger partial charge >= 0.3 is 0 Å². The molecule has 0 fully saturated rings. The number of hydrogen-bond donors (Lipinski definition) is 1. The van der Waals surface area contributed by atoms with E-state index < -0.39 is 20.0 Å². The number of sulfonamides is 2. The molecule has 1 aromatic carbocycles. The van der Waals surface area contributed by atoms with Gasteiger partial charge in [0.1, 0.15) is 0 Å². The fourth-order valence-electron chi connectivity index (χ4n) is 1.07. The number of halogens is 1. The molecular weight excluding hydrogens is 391 g/mol. The van der Waals surface area contributed by atoms with Crippen LogP contribution in [0.25, 0.3) is 0 Å². The van der Waals surface area contributed by atoms with E-state index in [9.17, 15) is 16.8 Å². The zero-order valence-electron chi connectivity index (χ0n) is 9.79. The van der Waals surface area contributed by atoms with Crippen molar-refractivity contribution in [2.45, 2.75) is 11.8 Å². The molecule has 1 aromatic rings. The summed E-state index contributed by atoms with van der Waals surface area (Å²) < 4.78 is 48.2. The van der Waals surface area contributed by atoms with Gasteiger partial charge in [-0.25, -0.2) is 16.8 Å². The van der Waals surface area contributed by atoms with Crippen LogP contribution in [0.3, 0.4) is 0 Å². The van der Waals surface area contributed by atoms with Crippen molar-refractivity contribution in [3.05, 3.63) is 27.8 Å². The largest absolute Gasteiger partial charge is 0.256 e. The van der Waals surface area contributed by atoms with Crippen LogP contribution in [0.2, 0.25) is 0 Å². The van der Waals surface area contributed by atoms with E-state index in [1.54, 1.807) is 12.1 Å². The van der Waals surface area contributed by atoms with Crippen molar-refractivity contribution in [2.75, 3.05) is 12.8 Å². The normalized spacial score (nSPS) is 12.9. The Labute approximate surface area is 121 Å². The molecule has 0 unspecified atom stereocenters. The van der Waals surface area contributed by atoms with Gasteiger partial charge in [0.15, 0.2) is 0 Å². The number of hydrogen-bond acceptors (Lipinski definition) is 4. The summed E-state index contributed by atoms with van der Waals surface area (Å²) in [5, 5.41) is 0. The minimum atomic E-state index is -3.86. The maximum absolute atomic E-state index is 12.0. The highest BCUT2D eigenvalue weighted by molar-refractivity contribution is 14.1. The van der Waals surface area contributed by atoms with Crippen molar-refractivity contribution in [1.29, 1.82) is 0 Å². The van der Waals surface area contributed by atoms with E-state index in [1.807, 2.05) is 4.83 Å². The van der Waals surface area contributed by atoms with E-state index in [1.165, 1.54) is 19.1 Å². The molecule has 0 bridgehead atoms. The first-order valence-electron chi connectivity index (χ1n) is 4.93. The third kappa shape index (κ3) is 3.88. The summed E-state index contributed by atoms with van der Waals surface area (Å²) in [5.74, 6) is -0.195. The molecule has 0 aliphatic carbocycles. The molecule has 0 saturated carbocycles. The van der Waals surface area contributed by atoms with Gasteiger partial charge in [0.25, 0.3) is 10.0 Å². The Kier molecular flexibility index (Phi) is 5.12. The van der Waals surface area contributed by atoms with Gasteiger partial charge in [0.05, 0.1) is 10.6 Å². The van der Waals surface area contributed by atoms with Gasteiger partial charge in [-0.2, -0.15) is 0 Å². The van der Waals surface area contributed by atoms with Crippen molar-refractivity contribution in [1.82, 2.24) is 9.25 Å². The van der Waals surface area contributed by atoms with Crippen LogP contribution < -0.4 is 4.83 Å². The minimum absolute atomic E-state index is 0.0317. The summed E-state index contributed by atoms with van der Waals surface area (Å²) in [7, 11) is -6.33. The van der Waals surface area contributed by atoms with Crippen LogP contribution in [0, 0.1) is 3.57 Å². The lowest BCUT2D eigenvalue weighted by Gasteiger charge is -2.17. The number of nitrogens with one attached hydrogen (secondary N) is 1. The maximum Gasteiger partial charge on any atom is 0.256 e. The van der Waals surface area contributed by atoms with E-state index in [0.29, 0.717) is 4.41 Å². The number of benzene rings is 1. The first-order chi connectivity index (χ1) is 8.19. The Hall–Kier alpha value is -0.230. The van der Waals surface area contributed by atoms with E-state index in [0.717, 1.165) is 10.6 Å². The Morgan fingerprint density at radius 2 is 1.67 bits per heavy atom. The van der Waals surface area contributed by atoms with Crippen molar-refractivity contribution < 1.29 is 16.8 Å². The highest BCUT2D eigenvalue weighted by Crippen LogP contribution is 2.15. The molecule has 0 saturated heterocycles. The SMILES string of the molecule is CCS(=O)(=O)NN(C)S(=O)(=O)c1ccc(I)cc1. The number of rotatable bonds is 5. The van der Waals surface area contributed by atoms with Gasteiger partial charge in [0, 0.05) is 10.6 Å². The summed E-state index contributed by atoms with van der Waals surface area (Å²) >= 11 is 2.05. The predicted molar refractivity (Wildman–Crippen MR) is 76.7 cm³/mol. The van der Waals surface area contributed by atoms with Gasteiger partial charge in [-0.3, -0.25) is 0 Å². The molecule has 0 aromatic heterocycles. The molecule has 6 nitrogen and oxygen atoms in total. The smallest absolute Gasteiger partial charge is 0.211 e. The van der Waals surface area contributed by atoms with Crippen LogP contribution in [-0.2, 0) is 20.0 Å². The molecule has 0 aliphatic rings. The average molecular weight is 404 g/mol. The predicted octanol–water partition coefficient (Wildman–Crippen LogP) is 0.766. The number of hydrazine groups is 1. The molecule has 1 N–H and O–H groups in total. The van der Waals surface area contributed by atoms with E-state index in [-0.39, 0.29) is 10.6 Å². The third-order valence-electron chi connectivity index (χ3n) is 2.12. The van der Waals surface area contributed by atoms with Gasteiger partial charge in [-0.05, 0) is 53.8 Å². The molecule has 0 atom stereocenters. The van der Waals surface area contributed by atoms with Gasteiger partial charge < -0.3 is 0 Å². The maximum atomic E-state index is 12.0. The summed E-state index contributed by atoms with van der Waals surface area (Å²) in [4.78, 5) is 2.01. The van der Waals surface area contributed by atoms with Crippen LogP contribution in [0.5, 0.6) is 0 Å². The summed E-state index contributed by atoms with van der Waals surface area (Å²) in [6.45, 7) is 1.42. The zero-order valence-corrected chi connectivity index (χ0v) is 13.6. The molecule has 0 heterocycles. The van der Waals surface area contributed by atoms with E-state index >= 15 is 0 Å². The Balaban J connectivity index is 3.04. The van der Waals surface area contributed by atoms with Crippen LogP contribution in [0.15, 0.2) is 29.2 Å². The van der Waals surface area contributed by atoms with Crippen LogP contribution in [-0.4, -0.2) is 34.1 Å². The van der Waals surface area contributed by atoms with Crippen LogP contribution in [0.4, 0.5) is 0 Å². The molecule has 0 radical (unpaired) electrons. The second kappa shape index (κ2) is 5.82. The highest BCUT2D eigenvalue weighted by atomic mass is 127. The molecule has 1 rings (SSSR count). The first-order valence-corrected chi connectivity index (χ1v) is 9.11. The fraction of sp³-hybridized carbons (Fsp3) is 0.333. The van der Waals surface area contributed by atoms with E-state index in [4.69, 9.17) is 0 Å². The molecule has 0 amide bonds. The molecule has 0 aliphatic heterocycles. The molecule has 18 heavy (non-hydrogen) atoms. The summed E-state index contributed by atoms with van der Waals surface area (Å²) in [5.41, 5.74) is 0. The lowest BCUT2D eigenvalue weighted by molar-refractivity contribution is 0.432. The summed E-state index contributed by atoms with van der Waals surface area (Å²) in [6.07, 6.45) is 0. The molecular formula is C9H13IN2O4S2. The fourth-order valence-corrected chi connectivity index (χ4v) is 3.48. The topological polar surface area (TPSA) is 83.6 Å². The highest BCUT2D eigenvalue weighted by Gasteiger charge is 2.24. The van der Waals surface area contributed by atoms with Crippen molar-refractivity contribution >= 4 is 42.6 Å². The second-order valence-electron chi connectivity index (χ2n) is 3.42. The minimum Gasteiger partial charge on any atom is -0.211 e. The zero-order chi connectivity index (χ0) is 14.0. The quantitative estimate of drug-likeness (QED) is 0.581. The van der Waals surface area contributed by atoms with Crippen molar-refractivity contribution in [3.63, 3.8) is 0 Å². The average Bonchev–Trinajstić information content (AvgIpc) is 2.29. The van der Waals surface area contributed by atoms with Gasteiger partial charge in [-0.1, -0.05) is 0 Å². The monoisotopic (exact) mass is 404 g/mol. The lowest BCUT2D eigenvalue weighted by atomic mass is 10.4. The van der Waals surface area contributed by atoms with Crippen molar-refractivity contribution in [3.8, 4) is 0 Å². The third-order valence-corrected chi connectivity index (χ3v) is 5.95. The summed E-state index contributed by atoms with van der Waals surface area (Å²) in [6, 6.07) is 6.12. The Bertz CT molecular complexity index is 610. The van der Waals surface area contributed by atoms with Crippen LogP contribution >= 0.6 is 22.6 Å². The standard InChI is InChI=1S/C9H13IN2O4S2/c1-3-17(13,14)11-12(2)18(15,16)9-6-4-8(10)5-7-9/h4-7,11H,3H2,1-2H3. The lowest BCUT2D eigenvalue weighted by Crippen LogP contribution is -2.43. The van der Waals surface area contributed by atoms with Gasteiger partial charge in [-0.15, -0.1) is 9.25 Å². The Morgan fingerprint density at radius 1 is 1.17 bits per heavy atom. The Morgan fingerprint density at radius 3 is 2.11 bits per heavy atom. The molecule has 9 heteroatoms. The second-order valence-corrected chi connectivity index (χ2v) is 8.63. The van der Waals surface area contributed by atoms with E-state index in [2.05, 4.69) is 22.6 Å². The molecule has 102 valence electrons. The van der Waals surface area contributed by atoms with Gasteiger partial charge in [0.2, 0.25) is 10.0 Å². The molecule has 0 spiro atoms. The van der Waals surface area contributed by atoms with Crippen LogP contribution in [0.1, 0.15) is 6.92 Å².